The molecule has 4 heteroatoms. The molecule has 2 N–H and O–H groups in total. The van der Waals surface area contributed by atoms with Gasteiger partial charge < -0.3 is 14.9 Å². The van der Waals surface area contributed by atoms with Crippen LogP contribution in [-0.4, -0.2) is 16.3 Å². The SMILES string of the molecule is Cc1c(O)cc(O)c2c1[C@H](C)[C@@H](C)O[C@@H]2C#N. The summed E-state index contributed by atoms with van der Waals surface area (Å²) in [5.74, 6) is 0.0138. The minimum Gasteiger partial charge on any atom is -0.508 e. The minimum atomic E-state index is -0.768. The molecule has 0 aliphatic carbocycles. The standard InChI is InChI=1S/C13H15NO3/c1-6-8(3)17-11(5-14)13-10(16)4-9(15)7(2)12(6)13/h4,6,8,11,15-16H,1-3H3/t6-,8-,11-/m1/s1. The van der Waals surface area contributed by atoms with Gasteiger partial charge >= 0.3 is 0 Å². The first-order valence-electron chi connectivity index (χ1n) is 5.57. The number of phenolic OH excluding ortho intramolecular Hbond substituents is 2. The number of nitriles is 1. The van der Waals surface area contributed by atoms with E-state index in [0.717, 1.165) is 5.56 Å². The van der Waals surface area contributed by atoms with Crippen molar-refractivity contribution in [1.82, 2.24) is 0 Å². The van der Waals surface area contributed by atoms with E-state index in [1.165, 1.54) is 6.07 Å². The monoisotopic (exact) mass is 233 g/mol. The molecule has 1 aromatic carbocycles. The lowest BCUT2D eigenvalue weighted by molar-refractivity contribution is -0.00135. The Morgan fingerprint density at radius 3 is 2.47 bits per heavy atom. The molecule has 0 unspecified atom stereocenters. The summed E-state index contributed by atoms with van der Waals surface area (Å²) in [6.45, 7) is 5.64. The summed E-state index contributed by atoms with van der Waals surface area (Å²) >= 11 is 0. The first kappa shape index (κ1) is 11.7. The van der Waals surface area contributed by atoms with E-state index < -0.39 is 6.10 Å². The van der Waals surface area contributed by atoms with Crippen molar-refractivity contribution in [2.75, 3.05) is 0 Å². The first-order chi connectivity index (χ1) is 7.97. The smallest absolute Gasteiger partial charge is 0.173 e. The highest BCUT2D eigenvalue weighted by Gasteiger charge is 2.35. The molecule has 1 aliphatic rings. The topological polar surface area (TPSA) is 73.5 Å². The van der Waals surface area contributed by atoms with E-state index in [1.807, 2.05) is 19.9 Å². The Hall–Kier alpha value is -1.73. The number of aromatic hydroxyl groups is 2. The second-order valence-electron chi connectivity index (χ2n) is 4.51. The molecule has 0 amide bonds. The zero-order chi connectivity index (χ0) is 12.7. The van der Waals surface area contributed by atoms with Gasteiger partial charge in [0.05, 0.1) is 12.2 Å². The van der Waals surface area contributed by atoms with Crippen molar-refractivity contribution < 1.29 is 14.9 Å². The number of phenols is 2. The van der Waals surface area contributed by atoms with Crippen LogP contribution in [0.3, 0.4) is 0 Å². The summed E-state index contributed by atoms with van der Waals surface area (Å²) in [6.07, 6.45) is -0.887. The van der Waals surface area contributed by atoms with Crippen LogP contribution in [0.5, 0.6) is 11.5 Å². The molecule has 0 bridgehead atoms. The van der Waals surface area contributed by atoms with Crippen molar-refractivity contribution in [2.45, 2.75) is 38.9 Å². The van der Waals surface area contributed by atoms with Crippen molar-refractivity contribution >= 4 is 0 Å². The number of nitrogens with zero attached hydrogens (tertiary/aromatic N) is 1. The summed E-state index contributed by atoms with van der Waals surface area (Å²) < 4.78 is 5.55. The van der Waals surface area contributed by atoms with Crippen LogP contribution in [0.15, 0.2) is 6.07 Å². The Labute approximate surface area is 100 Å². The van der Waals surface area contributed by atoms with Crippen LogP contribution in [0.25, 0.3) is 0 Å². The van der Waals surface area contributed by atoms with E-state index in [-0.39, 0.29) is 23.5 Å². The second kappa shape index (κ2) is 3.94. The Bertz CT molecular complexity index is 504. The van der Waals surface area contributed by atoms with Crippen LogP contribution in [-0.2, 0) is 4.74 Å². The van der Waals surface area contributed by atoms with Crippen LogP contribution in [0.4, 0.5) is 0 Å². The quantitative estimate of drug-likeness (QED) is 0.722. The Kier molecular flexibility index (Phi) is 2.72. The zero-order valence-corrected chi connectivity index (χ0v) is 10.1. The van der Waals surface area contributed by atoms with Crippen LogP contribution >= 0.6 is 0 Å². The summed E-state index contributed by atoms with van der Waals surface area (Å²) in [5, 5.41) is 28.7. The van der Waals surface area contributed by atoms with Gasteiger partial charge in [0.15, 0.2) is 6.10 Å². The maximum absolute atomic E-state index is 9.88. The predicted molar refractivity (Wildman–Crippen MR) is 61.8 cm³/mol. The van der Waals surface area contributed by atoms with Crippen molar-refractivity contribution in [1.29, 1.82) is 5.26 Å². The fraction of sp³-hybridized carbons (Fsp3) is 0.462. The lowest BCUT2D eigenvalue weighted by atomic mass is 9.83. The molecule has 0 fully saturated rings. The number of hydrogen-bond acceptors (Lipinski definition) is 4. The number of ether oxygens (including phenoxy) is 1. The van der Waals surface area contributed by atoms with Gasteiger partial charge in [0.2, 0.25) is 0 Å². The van der Waals surface area contributed by atoms with E-state index in [4.69, 9.17) is 10.00 Å². The van der Waals surface area contributed by atoms with E-state index in [0.29, 0.717) is 11.1 Å². The van der Waals surface area contributed by atoms with E-state index in [2.05, 4.69) is 0 Å². The fourth-order valence-electron chi connectivity index (χ4n) is 2.39. The molecule has 0 saturated carbocycles. The van der Waals surface area contributed by atoms with Crippen molar-refractivity contribution in [3.63, 3.8) is 0 Å². The van der Waals surface area contributed by atoms with Crippen LogP contribution in [0.1, 0.15) is 42.6 Å². The molecule has 90 valence electrons. The van der Waals surface area contributed by atoms with Gasteiger partial charge in [-0.25, -0.2) is 0 Å². The van der Waals surface area contributed by atoms with Gasteiger partial charge in [-0.1, -0.05) is 6.92 Å². The highest BCUT2D eigenvalue weighted by Crippen LogP contribution is 2.46. The first-order valence-corrected chi connectivity index (χ1v) is 5.57. The number of rotatable bonds is 0. The third-order valence-corrected chi connectivity index (χ3v) is 3.52. The number of hydrogen-bond donors (Lipinski definition) is 2. The Morgan fingerprint density at radius 2 is 1.88 bits per heavy atom. The molecule has 0 radical (unpaired) electrons. The normalized spacial score (nSPS) is 27.3. The average Bonchev–Trinajstić information content (AvgIpc) is 2.29. The molecule has 0 aromatic heterocycles. The molecule has 4 nitrogen and oxygen atoms in total. The summed E-state index contributed by atoms with van der Waals surface area (Å²) in [5.41, 5.74) is 2.03. The van der Waals surface area contributed by atoms with Gasteiger partial charge in [0, 0.05) is 17.5 Å². The largest absolute Gasteiger partial charge is 0.508 e. The predicted octanol–water partition coefficient (Wildman–Crippen LogP) is 2.49. The maximum Gasteiger partial charge on any atom is 0.173 e. The molecule has 0 spiro atoms. The molecular formula is C13H15NO3. The third kappa shape index (κ3) is 1.63. The maximum atomic E-state index is 9.88. The van der Waals surface area contributed by atoms with Gasteiger partial charge in [-0.15, -0.1) is 0 Å². The summed E-state index contributed by atoms with van der Waals surface area (Å²) in [7, 11) is 0. The molecule has 0 saturated heterocycles. The highest BCUT2D eigenvalue weighted by atomic mass is 16.5. The highest BCUT2D eigenvalue weighted by molar-refractivity contribution is 5.55. The Morgan fingerprint density at radius 1 is 1.24 bits per heavy atom. The number of benzene rings is 1. The van der Waals surface area contributed by atoms with Crippen LogP contribution < -0.4 is 0 Å². The van der Waals surface area contributed by atoms with E-state index in [1.54, 1.807) is 6.92 Å². The lowest BCUT2D eigenvalue weighted by Crippen LogP contribution is -2.27. The molecule has 3 atom stereocenters. The van der Waals surface area contributed by atoms with E-state index >= 15 is 0 Å². The molecule has 1 aromatic rings. The van der Waals surface area contributed by atoms with Gasteiger partial charge in [0.25, 0.3) is 0 Å². The van der Waals surface area contributed by atoms with Crippen molar-refractivity contribution in [2.24, 2.45) is 0 Å². The molecule has 2 rings (SSSR count). The van der Waals surface area contributed by atoms with Crippen molar-refractivity contribution in [3.8, 4) is 17.6 Å². The Balaban J connectivity index is 2.74. The minimum absolute atomic E-state index is 0.0348. The summed E-state index contributed by atoms with van der Waals surface area (Å²) in [6, 6.07) is 3.30. The second-order valence-corrected chi connectivity index (χ2v) is 4.51. The van der Waals surface area contributed by atoms with Gasteiger partial charge in [0.1, 0.15) is 11.5 Å². The van der Waals surface area contributed by atoms with Gasteiger partial charge in [-0.3, -0.25) is 0 Å². The van der Waals surface area contributed by atoms with Gasteiger partial charge in [-0.05, 0) is 25.0 Å². The molecule has 1 heterocycles. The average molecular weight is 233 g/mol. The molecule has 17 heavy (non-hydrogen) atoms. The third-order valence-electron chi connectivity index (χ3n) is 3.52. The van der Waals surface area contributed by atoms with Crippen LogP contribution in [0.2, 0.25) is 0 Å². The van der Waals surface area contributed by atoms with Crippen LogP contribution in [0, 0.1) is 18.3 Å². The fourth-order valence-corrected chi connectivity index (χ4v) is 2.39. The van der Waals surface area contributed by atoms with Gasteiger partial charge in [-0.2, -0.15) is 5.26 Å². The van der Waals surface area contributed by atoms with Crippen molar-refractivity contribution in [3.05, 3.63) is 22.8 Å². The number of fused-ring (bicyclic) bond motifs is 1. The summed E-state index contributed by atoms with van der Waals surface area (Å²) in [4.78, 5) is 0. The molecular weight excluding hydrogens is 218 g/mol. The molecule has 1 aliphatic heterocycles. The zero-order valence-electron chi connectivity index (χ0n) is 10.1. The van der Waals surface area contributed by atoms with E-state index in [9.17, 15) is 10.2 Å². The lowest BCUT2D eigenvalue weighted by Gasteiger charge is -2.34.